The van der Waals surface area contributed by atoms with Gasteiger partial charge in [-0.3, -0.25) is 0 Å². The van der Waals surface area contributed by atoms with Crippen molar-refractivity contribution in [1.82, 2.24) is 9.97 Å². The first-order valence-electron chi connectivity index (χ1n) is 2.91. The monoisotopic (exact) mass is 156 g/mol. The summed E-state index contributed by atoms with van der Waals surface area (Å²) in [5.41, 5.74) is 0. The second kappa shape index (κ2) is 3.05. The van der Waals surface area contributed by atoms with Crippen LogP contribution in [0.25, 0.3) is 0 Å². The zero-order valence-corrected chi connectivity index (χ0v) is 6.24. The Labute approximate surface area is 63.6 Å². The van der Waals surface area contributed by atoms with Gasteiger partial charge in [0.15, 0.2) is 0 Å². The van der Waals surface area contributed by atoms with E-state index in [1.165, 1.54) is 20.5 Å². The van der Waals surface area contributed by atoms with Gasteiger partial charge in [-0.15, -0.1) is 0 Å². The number of aromatic hydroxyl groups is 1. The van der Waals surface area contributed by atoms with Gasteiger partial charge in [-0.05, 0) is 0 Å². The van der Waals surface area contributed by atoms with Crippen LogP contribution < -0.4 is 9.47 Å². The van der Waals surface area contributed by atoms with Crippen LogP contribution in [0.1, 0.15) is 0 Å². The van der Waals surface area contributed by atoms with Crippen molar-refractivity contribution in [3.05, 3.63) is 6.33 Å². The largest absolute Gasteiger partial charge is 0.499 e. The SMILES string of the molecule is COc1ncnc(OC)c1O. The van der Waals surface area contributed by atoms with E-state index < -0.39 is 0 Å². The second-order valence-corrected chi connectivity index (χ2v) is 1.74. The summed E-state index contributed by atoms with van der Waals surface area (Å²) in [6.07, 6.45) is 1.25. The third-order valence-corrected chi connectivity index (χ3v) is 1.14. The van der Waals surface area contributed by atoms with Crippen LogP contribution in [0.2, 0.25) is 0 Å². The van der Waals surface area contributed by atoms with Crippen LogP contribution in [-0.4, -0.2) is 29.3 Å². The molecule has 0 aliphatic heterocycles. The van der Waals surface area contributed by atoms with Gasteiger partial charge >= 0.3 is 0 Å². The molecule has 0 aromatic carbocycles. The maximum absolute atomic E-state index is 9.21. The first-order chi connectivity index (χ1) is 5.29. The van der Waals surface area contributed by atoms with Crippen molar-refractivity contribution in [1.29, 1.82) is 0 Å². The molecule has 0 radical (unpaired) electrons. The number of hydrogen-bond acceptors (Lipinski definition) is 5. The topological polar surface area (TPSA) is 64.5 Å². The van der Waals surface area contributed by atoms with E-state index in [-0.39, 0.29) is 17.5 Å². The molecule has 1 aromatic heterocycles. The fourth-order valence-corrected chi connectivity index (χ4v) is 0.646. The predicted octanol–water partition coefficient (Wildman–Crippen LogP) is 0.199. The number of rotatable bonds is 2. The molecule has 0 aliphatic rings. The average Bonchev–Trinajstić information content (AvgIpc) is 2.05. The van der Waals surface area contributed by atoms with Gasteiger partial charge in [-0.2, -0.15) is 9.97 Å². The van der Waals surface area contributed by atoms with Crippen LogP contribution >= 0.6 is 0 Å². The first-order valence-corrected chi connectivity index (χ1v) is 2.91. The van der Waals surface area contributed by atoms with Crippen LogP contribution in [-0.2, 0) is 0 Å². The van der Waals surface area contributed by atoms with E-state index >= 15 is 0 Å². The van der Waals surface area contributed by atoms with Gasteiger partial charge in [0.05, 0.1) is 14.2 Å². The highest BCUT2D eigenvalue weighted by Crippen LogP contribution is 2.30. The standard InChI is InChI=1S/C6H8N2O3/c1-10-5-4(9)6(11-2)8-3-7-5/h3,9H,1-2H3. The van der Waals surface area contributed by atoms with E-state index in [1.54, 1.807) is 0 Å². The Kier molecular flexibility index (Phi) is 2.10. The summed E-state index contributed by atoms with van der Waals surface area (Å²) in [5, 5.41) is 9.21. The van der Waals surface area contributed by atoms with Gasteiger partial charge in [0.2, 0.25) is 5.75 Å². The molecule has 0 saturated heterocycles. The molecule has 0 aliphatic carbocycles. The smallest absolute Gasteiger partial charge is 0.263 e. The van der Waals surface area contributed by atoms with E-state index in [2.05, 4.69) is 9.97 Å². The summed E-state index contributed by atoms with van der Waals surface area (Å²) >= 11 is 0. The van der Waals surface area contributed by atoms with Crippen molar-refractivity contribution in [2.45, 2.75) is 0 Å². The number of ether oxygens (including phenoxy) is 2. The molecular weight excluding hydrogens is 148 g/mol. The van der Waals surface area contributed by atoms with Gasteiger partial charge in [-0.1, -0.05) is 0 Å². The number of methoxy groups -OCH3 is 2. The Morgan fingerprint density at radius 1 is 1.18 bits per heavy atom. The zero-order valence-electron chi connectivity index (χ0n) is 6.24. The fourth-order valence-electron chi connectivity index (χ4n) is 0.646. The van der Waals surface area contributed by atoms with Crippen LogP contribution in [0.5, 0.6) is 17.5 Å². The van der Waals surface area contributed by atoms with Crippen molar-refractivity contribution in [2.24, 2.45) is 0 Å². The van der Waals surface area contributed by atoms with Crippen molar-refractivity contribution in [3.63, 3.8) is 0 Å². The molecule has 1 rings (SSSR count). The molecule has 0 fully saturated rings. The quantitative estimate of drug-likeness (QED) is 0.662. The summed E-state index contributed by atoms with van der Waals surface area (Å²) in [6, 6.07) is 0. The summed E-state index contributed by atoms with van der Waals surface area (Å²) in [5.74, 6) is 0.0335. The highest BCUT2D eigenvalue weighted by atomic mass is 16.5. The minimum Gasteiger partial charge on any atom is -0.499 e. The van der Waals surface area contributed by atoms with Crippen LogP contribution in [0.15, 0.2) is 6.33 Å². The molecule has 1 heterocycles. The molecule has 0 bridgehead atoms. The molecule has 0 spiro atoms. The Hall–Kier alpha value is -1.52. The van der Waals surface area contributed by atoms with Gasteiger partial charge in [-0.25, -0.2) is 0 Å². The molecule has 0 saturated carbocycles. The lowest BCUT2D eigenvalue weighted by atomic mass is 10.5. The maximum Gasteiger partial charge on any atom is 0.263 e. The molecule has 60 valence electrons. The lowest BCUT2D eigenvalue weighted by Gasteiger charge is -2.03. The minimum atomic E-state index is -0.183. The normalized spacial score (nSPS) is 9.27. The molecular formula is C6H8N2O3. The summed E-state index contributed by atoms with van der Waals surface area (Å²) in [7, 11) is 2.81. The minimum absolute atomic E-state index is 0.108. The van der Waals surface area contributed by atoms with Crippen LogP contribution in [0, 0.1) is 0 Å². The lowest BCUT2D eigenvalue weighted by molar-refractivity contribution is 0.320. The van der Waals surface area contributed by atoms with E-state index in [0.717, 1.165) is 0 Å². The fraction of sp³-hybridized carbons (Fsp3) is 0.333. The first kappa shape index (κ1) is 7.59. The summed E-state index contributed by atoms with van der Waals surface area (Å²) in [4.78, 5) is 7.28. The highest BCUT2D eigenvalue weighted by Gasteiger charge is 2.09. The summed E-state index contributed by atoms with van der Waals surface area (Å²) < 4.78 is 9.41. The lowest BCUT2D eigenvalue weighted by Crippen LogP contribution is -1.93. The molecule has 0 unspecified atom stereocenters. The van der Waals surface area contributed by atoms with Crippen molar-refractivity contribution < 1.29 is 14.6 Å². The second-order valence-electron chi connectivity index (χ2n) is 1.74. The van der Waals surface area contributed by atoms with Crippen molar-refractivity contribution in [3.8, 4) is 17.5 Å². The van der Waals surface area contributed by atoms with Gasteiger partial charge in [0.1, 0.15) is 6.33 Å². The Morgan fingerprint density at radius 2 is 1.64 bits per heavy atom. The molecule has 5 heteroatoms. The van der Waals surface area contributed by atoms with E-state index in [4.69, 9.17) is 9.47 Å². The molecule has 0 amide bonds. The van der Waals surface area contributed by atoms with Gasteiger partial charge < -0.3 is 14.6 Å². The predicted molar refractivity (Wildman–Crippen MR) is 36.8 cm³/mol. The number of aromatic nitrogens is 2. The third kappa shape index (κ3) is 1.31. The molecule has 0 atom stereocenters. The maximum atomic E-state index is 9.21. The van der Waals surface area contributed by atoms with Crippen molar-refractivity contribution >= 4 is 0 Å². The van der Waals surface area contributed by atoms with E-state index in [1.807, 2.05) is 0 Å². The van der Waals surface area contributed by atoms with Crippen molar-refractivity contribution in [2.75, 3.05) is 14.2 Å². The van der Waals surface area contributed by atoms with E-state index in [0.29, 0.717) is 0 Å². The Morgan fingerprint density at radius 3 is 2.00 bits per heavy atom. The summed E-state index contributed by atoms with van der Waals surface area (Å²) in [6.45, 7) is 0. The Bertz CT molecular complexity index is 229. The number of nitrogens with zero attached hydrogens (tertiary/aromatic N) is 2. The molecule has 11 heavy (non-hydrogen) atoms. The average molecular weight is 156 g/mol. The molecule has 1 N–H and O–H groups in total. The van der Waals surface area contributed by atoms with Gasteiger partial charge in [0.25, 0.3) is 11.8 Å². The van der Waals surface area contributed by atoms with Crippen LogP contribution in [0.4, 0.5) is 0 Å². The zero-order chi connectivity index (χ0) is 8.27. The molecule has 5 nitrogen and oxygen atoms in total. The number of hydrogen-bond donors (Lipinski definition) is 1. The van der Waals surface area contributed by atoms with Crippen LogP contribution in [0.3, 0.4) is 0 Å². The highest BCUT2D eigenvalue weighted by molar-refractivity contribution is 5.39. The van der Waals surface area contributed by atoms with Gasteiger partial charge in [0, 0.05) is 0 Å². The Balaban J connectivity index is 3.10. The third-order valence-electron chi connectivity index (χ3n) is 1.14. The van der Waals surface area contributed by atoms with E-state index in [9.17, 15) is 5.11 Å². The molecule has 1 aromatic rings.